The predicted octanol–water partition coefficient (Wildman–Crippen LogP) is 4.10. The maximum absolute atomic E-state index is 5.56. The molecular weight excluding hydrogens is 384 g/mol. The second-order valence-electron chi connectivity index (χ2n) is 12.1. The molecule has 0 aliphatic heterocycles. The van der Waals surface area contributed by atoms with Crippen LogP contribution in [0.4, 0.5) is 0 Å². The van der Waals surface area contributed by atoms with Gasteiger partial charge in [0.1, 0.15) is 0 Å². The summed E-state index contributed by atoms with van der Waals surface area (Å²) in [7, 11) is 0. The van der Waals surface area contributed by atoms with E-state index in [0.717, 1.165) is 35.2 Å². The molecule has 4 aliphatic carbocycles. The second kappa shape index (κ2) is 7.57. The molecule has 4 rings (SSSR count). The van der Waals surface area contributed by atoms with E-state index >= 15 is 0 Å². The molecule has 0 aromatic carbocycles. The lowest BCUT2D eigenvalue weighted by molar-refractivity contribution is -0.104. The molecule has 0 amide bonds. The average molecular weight is 425 g/mol. The minimum Gasteiger partial charge on any atom is -0.362 e. The van der Waals surface area contributed by atoms with E-state index in [0.29, 0.717) is 10.8 Å². The van der Waals surface area contributed by atoms with Gasteiger partial charge in [0.2, 0.25) is 0 Å². The summed E-state index contributed by atoms with van der Waals surface area (Å²) in [4.78, 5) is 0. The van der Waals surface area contributed by atoms with E-state index in [2.05, 4.69) is 62.8 Å². The molecule has 0 unspecified atom stereocenters. The summed E-state index contributed by atoms with van der Waals surface area (Å²) < 4.78 is 0. The van der Waals surface area contributed by atoms with E-state index in [-0.39, 0.29) is 11.1 Å². The van der Waals surface area contributed by atoms with Crippen molar-refractivity contribution in [3.8, 4) is 0 Å². The highest BCUT2D eigenvalue weighted by molar-refractivity contribution is 7.80. The fourth-order valence-electron chi connectivity index (χ4n) is 6.37. The van der Waals surface area contributed by atoms with Gasteiger partial charge in [-0.1, -0.05) is 0 Å². The summed E-state index contributed by atoms with van der Waals surface area (Å²) >= 11 is 11.1. The zero-order chi connectivity index (χ0) is 20.8. The standard InChI is InChI=1S/C22H40N4S2/c1-19(2,3)25-17(27)23-13-21-8-15-7-16(9-21)11-22(10-15,12-21)14-24-18(28)26-20(4,5)6/h15-16H,7-14H2,1-6H3,(H2,23,25,27)(H2,24,26,28). The molecule has 4 saturated carbocycles. The minimum atomic E-state index is 0.00639. The van der Waals surface area contributed by atoms with Crippen molar-refractivity contribution in [1.82, 2.24) is 21.3 Å². The zero-order valence-electron chi connectivity index (χ0n) is 18.6. The fourth-order valence-corrected chi connectivity index (χ4v) is 7.12. The highest BCUT2D eigenvalue weighted by atomic mass is 32.1. The van der Waals surface area contributed by atoms with Crippen molar-refractivity contribution in [2.45, 2.75) is 91.1 Å². The van der Waals surface area contributed by atoms with Gasteiger partial charge < -0.3 is 21.3 Å². The molecule has 0 aromatic heterocycles. The van der Waals surface area contributed by atoms with E-state index in [9.17, 15) is 0 Å². The predicted molar refractivity (Wildman–Crippen MR) is 127 cm³/mol. The third-order valence-electron chi connectivity index (χ3n) is 6.53. The van der Waals surface area contributed by atoms with Gasteiger partial charge in [-0.05, 0) is 127 Å². The SMILES string of the molecule is CC(C)(C)NC(=S)NCC12CC3CC(C1)CC(CNC(=S)NC(C)(C)C)(C3)C2. The monoisotopic (exact) mass is 424 g/mol. The molecule has 0 radical (unpaired) electrons. The molecular formula is C22H40N4S2. The minimum absolute atomic E-state index is 0.00639. The summed E-state index contributed by atoms with van der Waals surface area (Å²) in [5, 5.41) is 15.5. The van der Waals surface area contributed by atoms with Crippen LogP contribution in [0, 0.1) is 22.7 Å². The summed E-state index contributed by atoms with van der Waals surface area (Å²) in [6.45, 7) is 14.9. The molecule has 4 N–H and O–H groups in total. The van der Waals surface area contributed by atoms with Crippen LogP contribution in [0.3, 0.4) is 0 Å². The Bertz CT molecular complexity index is 553. The number of nitrogens with one attached hydrogen (secondary N) is 4. The van der Waals surface area contributed by atoms with Gasteiger partial charge in [-0.15, -0.1) is 0 Å². The Hall–Kier alpha value is -0.620. The highest BCUT2D eigenvalue weighted by Gasteiger charge is 2.57. The van der Waals surface area contributed by atoms with E-state index in [1.54, 1.807) is 0 Å². The molecule has 0 heterocycles. The van der Waals surface area contributed by atoms with Crippen molar-refractivity contribution >= 4 is 34.7 Å². The molecule has 4 bridgehead atoms. The van der Waals surface area contributed by atoms with Gasteiger partial charge in [0.15, 0.2) is 10.2 Å². The first-order chi connectivity index (χ1) is 12.8. The average Bonchev–Trinajstić information content (AvgIpc) is 2.47. The molecule has 4 aliphatic rings. The van der Waals surface area contributed by atoms with E-state index in [4.69, 9.17) is 24.4 Å². The topological polar surface area (TPSA) is 48.1 Å². The highest BCUT2D eigenvalue weighted by Crippen LogP contribution is 2.64. The molecule has 6 heteroatoms. The maximum Gasteiger partial charge on any atom is 0.166 e. The molecule has 0 saturated heterocycles. The van der Waals surface area contributed by atoms with Crippen LogP contribution >= 0.6 is 24.4 Å². The molecule has 0 atom stereocenters. The fraction of sp³-hybridized carbons (Fsp3) is 0.909. The van der Waals surface area contributed by atoms with Crippen molar-refractivity contribution in [2.75, 3.05) is 13.1 Å². The second-order valence-corrected chi connectivity index (χ2v) is 12.9. The van der Waals surface area contributed by atoms with Crippen LogP contribution in [0.25, 0.3) is 0 Å². The van der Waals surface area contributed by atoms with Gasteiger partial charge in [-0.25, -0.2) is 0 Å². The lowest BCUT2D eigenvalue weighted by Gasteiger charge is -2.62. The van der Waals surface area contributed by atoms with Crippen molar-refractivity contribution in [2.24, 2.45) is 22.7 Å². The van der Waals surface area contributed by atoms with Crippen LogP contribution < -0.4 is 21.3 Å². The smallest absolute Gasteiger partial charge is 0.166 e. The normalized spacial score (nSPS) is 34.1. The van der Waals surface area contributed by atoms with Gasteiger partial charge in [0, 0.05) is 24.2 Å². The Morgan fingerprint density at radius 3 is 1.43 bits per heavy atom. The first-order valence-corrected chi connectivity index (χ1v) is 11.7. The molecule has 160 valence electrons. The summed E-state index contributed by atoms with van der Waals surface area (Å²) in [5.41, 5.74) is 0.807. The Kier molecular flexibility index (Phi) is 5.97. The quantitative estimate of drug-likeness (QED) is 0.510. The van der Waals surface area contributed by atoms with E-state index in [1.807, 2.05) is 0 Å². The molecule has 4 nitrogen and oxygen atoms in total. The van der Waals surface area contributed by atoms with Crippen LogP contribution in [-0.4, -0.2) is 34.4 Å². The van der Waals surface area contributed by atoms with Crippen LogP contribution in [0.2, 0.25) is 0 Å². The van der Waals surface area contributed by atoms with E-state index in [1.165, 1.54) is 38.5 Å². The Morgan fingerprint density at radius 2 is 1.11 bits per heavy atom. The number of rotatable bonds is 4. The van der Waals surface area contributed by atoms with Crippen LogP contribution in [0.5, 0.6) is 0 Å². The Labute approximate surface area is 182 Å². The molecule has 0 aromatic rings. The third-order valence-corrected chi connectivity index (χ3v) is 7.02. The summed E-state index contributed by atoms with van der Waals surface area (Å²) in [6, 6.07) is 0. The zero-order valence-corrected chi connectivity index (χ0v) is 20.3. The van der Waals surface area contributed by atoms with Gasteiger partial charge in [0.25, 0.3) is 0 Å². The summed E-state index contributed by atoms with van der Waals surface area (Å²) in [5.74, 6) is 1.75. The maximum atomic E-state index is 5.56. The van der Waals surface area contributed by atoms with Gasteiger partial charge in [-0.3, -0.25) is 0 Å². The Morgan fingerprint density at radius 1 is 0.750 bits per heavy atom. The largest absolute Gasteiger partial charge is 0.362 e. The van der Waals surface area contributed by atoms with Gasteiger partial charge in [0.05, 0.1) is 0 Å². The lowest BCUT2D eigenvalue weighted by Crippen LogP contribution is -2.60. The van der Waals surface area contributed by atoms with Crippen molar-refractivity contribution in [3.63, 3.8) is 0 Å². The number of hydrogen-bond donors (Lipinski definition) is 4. The number of thiocarbonyl (C=S) groups is 2. The van der Waals surface area contributed by atoms with Crippen LogP contribution in [0.15, 0.2) is 0 Å². The van der Waals surface area contributed by atoms with Crippen LogP contribution in [-0.2, 0) is 0 Å². The molecule has 0 spiro atoms. The van der Waals surface area contributed by atoms with Gasteiger partial charge >= 0.3 is 0 Å². The van der Waals surface area contributed by atoms with Gasteiger partial charge in [-0.2, -0.15) is 0 Å². The van der Waals surface area contributed by atoms with Crippen molar-refractivity contribution in [3.05, 3.63) is 0 Å². The molecule has 4 fully saturated rings. The summed E-state index contributed by atoms with van der Waals surface area (Å²) in [6.07, 6.45) is 8.17. The van der Waals surface area contributed by atoms with Crippen molar-refractivity contribution in [1.29, 1.82) is 0 Å². The van der Waals surface area contributed by atoms with E-state index < -0.39 is 0 Å². The first-order valence-electron chi connectivity index (χ1n) is 10.9. The van der Waals surface area contributed by atoms with Crippen molar-refractivity contribution < 1.29 is 0 Å². The number of hydrogen-bond acceptors (Lipinski definition) is 2. The lowest BCUT2D eigenvalue weighted by atomic mass is 9.44. The van der Waals surface area contributed by atoms with Crippen LogP contribution in [0.1, 0.15) is 80.1 Å². The first kappa shape index (κ1) is 22.1. The Balaban J connectivity index is 1.61. The molecule has 28 heavy (non-hydrogen) atoms. The third kappa shape index (κ3) is 5.71.